The fourth-order valence-corrected chi connectivity index (χ4v) is 2.55. The largest absolute Gasteiger partial charge is 0.392 e. The first-order valence-corrected chi connectivity index (χ1v) is 5.96. The lowest BCUT2D eigenvalue weighted by molar-refractivity contribution is 0.172. The third kappa shape index (κ3) is 2.94. The van der Waals surface area contributed by atoms with E-state index in [1.807, 2.05) is 0 Å². The maximum atomic E-state index is 9.38. The molecule has 0 aliphatic carbocycles. The SMILES string of the molecule is OC1CCN(CCC2CCCNC2)C1. The zero-order valence-corrected chi connectivity index (χ0v) is 8.91. The second-order valence-electron chi connectivity index (χ2n) is 4.74. The van der Waals surface area contributed by atoms with Gasteiger partial charge in [-0.3, -0.25) is 0 Å². The molecule has 2 fully saturated rings. The summed E-state index contributed by atoms with van der Waals surface area (Å²) in [5, 5.41) is 12.8. The van der Waals surface area contributed by atoms with Crippen LogP contribution in [-0.4, -0.2) is 48.8 Å². The number of nitrogens with zero attached hydrogens (tertiary/aromatic N) is 1. The maximum Gasteiger partial charge on any atom is 0.0679 e. The molecule has 2 unspecified atom stereocenters. The molecule has 2 atom stereocenters. The summed E-state index contributed by atoms with van der Waals surface area (Å²) >= 11 is 0. The van der Waals surface area contributed by atoms with Gasteiger partial charge in [0, 0.05) is 13.1 Å². The molecule has 0 aromatic carbocycles. The molecule has 3 nitrogen and oxygen atoms in total. The maximum absolute atomic E-state index is 9.38. The van der Waals surface area contributed by atoms with Crippen molar-refractivity contribution in [2.75, 3.05) is 32.7 Å². The van der Waals surface area contributed by atoms with Gasteiger partial charge >= 0.3 is 0 Å². The van der Waals surface area contributed by atoms with Gasteiger partial charge in [0.05, 0.1) is 6.10 Å². The van der Waals surface area contributed by atoms with Crippen LogP contribution in [-0.2, 0) is 0 Å². The number of hydrogen-bond acceptors (Lipinski definition) is 3. The van der Waals surface area contributed by atoms with Crippen molar-refractivity contribution in [2.24, 2.45) is 5.92 Å². The number of hydrogen-bond donors (Lipinski definition) is 2. The van der Waals surface area contributed by atoms with E-state index >= 15 is 0 Å². The molecule has 0 amide bonds. The van der Waals surface area contributed by atoms with E-state index in [2.05, 4.69) is 10.2 Å². The molecular weight excluding hydrogens is 176 g/mol. The van der Waals surface area contributed by atoms with Crippen LogP contribution in [0.5, 0.6) is 0 Å². The van der Waals surface area contributed by atoms with Gasteiger partial charge in [0.15, 0.2) is 0 Å². The van der Waals surface area contributed by atoms with Gasteiger partial charge in [-0.1, -0.05) is 0 Å². The van der Waals surface area contributed by atoms with E-state index in [0.717, 1.165) is 25.4 Å². The van der Waals surface area contributed by atoms with Crippen LogP contribution in [0.1, 0.15) is 25.7 Å². The van der Waals surface area contributed by atoms with Gasteiger partial charge in [0.1, 0.15) is 0 Å². The third-order valence-corrected chi connectivity index (χ3v) is 3.50. The van der Waals surface area contributed by atoms with E-state index in [9.17, 15) is 5.11 Å². The molecule has 2 aliphatic heterocycles. The van der Waals surface area contributed by atoms with E-state index in [1.165, 1.54) is 38.9 Å². The van der Waals surface area contributed by atoms with Crippen LogP contribution in [0, 0.1) is 5.92 Å². The highest BCUT2D eigenvalue weighted by molar-refractivity contribution is 4.76. The first-order chi connectivity index (χ1) is 6.84. The summed E-state index contributed by atoms with van der Waals surface area (Å²) in [6.45, 7) is 5.60. The van der Waals surface area contributed by atoms with Crippen molar-refractivity contribution in [3.05, 3.63) is 0 Å². The zero-order chi connectivity index (χ0) is 9.80. The van der Waals surface area contributed by atoms with E-state index < -0.39 is 0 Å². The molecule has 0 radical (unpaired) electrons. The van der Waals surface area contributed by atoms with E-state index in [0.29, 0.717) is 0 Å². The molecule has 2 rings (SSSR count). The molecule has 0 aromatic heterocycles. The molecule has 82 valence electrons. The van der Waals surface area contributed by atoms with Gasteiger partial charge in [-0.15, -0.1) is 0 Å². The minimum absolute atomic E-state index is 0.0560. The first kappa shape index (κ1) is 10.4. The number of aliphatic hydroxyl groups is 1. The fraction of sp³-hybridized carbons (Fsp3) is 1.00. The van der Waals surface area contributed by atoms with E-state index in [4.69, 9.17) is 0 Å². The summed E-state index contributed by atoms with van der Waals surface area (Å²) in [6.07, 6.45) is 4.96. The van der Waals surface area contributed by atoms with E-state index in [1.54, 1.807) is 0 Å². The van der Waals surface area contributed by atoms with Crippen molar-refractivity contribution in [1.82, 2.24) is 10.2 Å². The summed E-state index contributed by atoms with van der Waals surface area (Å²) in [4.78, 5) is 2.40. The zero-order valence-electron chi connectivity index (χ0n) is 8.91. The summed E-state index contributed by atoms with van der Waals surface area (Å²) in [5.41, 5.74) is 0. The molecule has 0 spiro atoms. The Balaban J connectivity index is 1.61. The Morgan fingerprint density at radius 1 is 1.36 bits per heavy atom. The molecule has 3 heteroatoms. The van der Waals surface area contributed by atoms with Crippen LogP contribution in [0.2, 0.25) is 0 Å². The Bertz CT molecular complexity index is 164. The lowest BCUT2D eigenvalue weighted by Crippen LogP contribution is -2.32. The molecule has 0 aromatic rings. The number of aliphatic hydroxyl groups excluding tert-OH is 1. The van der Waals surface area contributed by atoms with Crippen LogP contribution in [0.15, 0.2) is 0 Å². The van der Waals surface area contributed by atoms with Crippen molar-refractivity contribution in [1.29, 1.82) is 0 Å². The van der Waals surface area contributed by atoms with Crippen molar-refractivity contribution >= 4 is 0 Å². The van der Waals surface area contributed by atoms with Crippen LogP contribution in [0.4, 0.5) is 0 Å². The predicted octanol–water partition coefficient (Wildman–Crippen LogP) is 0.443. The smallest absolute Gasteiger partial charge is 0.0679 e. The van der Waals surface area contributed by atoms with Crippen LogP contribution >= 0.6 is 0 Å². The third-order valence-electron chi connectivity index (χ3n) is 3.50. The van der Waals surface area contributed by atoms with Gasteiger partial charge in [-0.2, -0.15) is 0 Å². The quantitative estimate of drug-likeness (QED) is 0.691. The summed E-state index contributed by atoms with van der Waals surface area (Å²) in [6, 6.07) is 0. The van der Waals surface area contributed by atoms with E-state index in [-0.39, 0.29) is 6.10 Å². The Hall–Kier alpha value is -0.120. The lowest BCUT2D eigenvalue weighted by Gasteiger charge is -2.25. The van der Waals surface area contributed by atoms with Gasteiger partial charge in [0.25, 0.3) is 0 Å². The number of β-amino-alcohol motifs (C(OH)–C–C–N with tert-alkyl or cyclic N) is 1. The number of nitrogens with one attached hydrogen (secondary N) is 1. The van der Waals surface area contributed by atoms with Gasteiger partial charge < -0.3 is 15.3 Å². The molecule has 2 heterocycles. The van der Waals surface area contributed by atoms with Gasteiger partial charge in [-0.25, -0.2) is 0 Å². The summed E-state index contributed by atoms with van der Waals surface area (Å²) in [7, 11) is 0. The van der Waals surface area contributed by atoms with Crippen LogP contribution in [0.25, 0.3) is 0 Å². The molecular formula is C11H22N2O. The summed E-state index contributed by atoms with van der Waals surface area (Å²) in [5.74, 6) is 0.876. The highest BCUT2D eigenvalue weighted by Crippen LogP contribution is 2.16. The number of piperidine rings is 1. The second-order valence-corrected chi connectivity index (χ2v) is 4.74. The molecule has 0 saturated carbocycles. The Morgan fingerprint density at radius 2 is 2.29 bits per heavy atom. The fourth-order valence-electron chi connectivity index (χ4n) is 2.55. The number of rotatable bonds is 3. The van der Waals surface area contributed by atoms with Crippen molar-refractivity contribution < 1.29 is 5.11 Å². The molecule has 2 N–H and O–H groups in total. The highest BCUT2D eigenvalue weighted by Gasteiger charge is 2.21. The standard InChI is InChI=1S/C11H22N2O/c14-11-4-7-13(9-11)6-3-10-2-1-5-12-8-10/h10-12,14H,1-9H2. The number of likely N-dealkylation sites (tertiary alicyclic amines) is 1. The Labute approximate surface area is 86.5 Å². The monoisotopic (exact) mass is 198 g/mol. The minimum atomic E-state index is -0.0560. The second kappa shape index (κ2) is 5.10. The highest BCUT2D eigenvalue weighted by atomic mass is 16.3. The minimum Gasteiger partial charge on any atom is -0.392 e. The van der Waals surface area contributed by atoms with Crippen molar-refractivity contribution in [2.45, 2.75) is 31.8 Å². The Morgan fingerprint density at radius 3 is 2.93 bits per heavy atom. The average Bonchev–Trinajstić information content (AvgIpc) is 2.63. The van der Waals surface area contributed by atoms with Gasteiger partial charge in [-0.05, 0) is 51.2 Å². The van der Waals surface area contributed by atoms with Crippen molar-refractivity contribution in [3.8, 4) is 0 Å². The van der Waals surface area contributed by atoms with Gasteiger partial charge in [0.2, 0.25) is 0 Å². The molecule has 2 aliphatic rings. The summed E-state index contributed by atoms with van der Waals surface area (Å²) < 4.78 is 0. The van der Waals surface area contributed by atoms with Crippen LogP contribution < -0.4 is 5.32 Å². The Kier molecular flexibility index (Phi) is 3.79. The molecule has 2 saturated heterocycles. The van der Waals surface area contributed by atoms with Crippen molar-refractivity contribution in [3.63, 3.8) is 0 Å². The topological polar surface area (TPSA) is 35.5 Å². The lowest BCUT2D eigenvalue weighted by atomic mass is 9.96. The molecule has 14 heavy (non-hydrogen) atoms. The first-order valence-electron chi connectivity index (χ1n) is 5.96. The predicted molar refractivity (Wildman–Crippen MR) is 57.3 cm³/mol. The molecule has 0 bridgehead atoms. The average molecular weight is 198 g/mol. The van der Waals surface area contributed by atoms with Crippen LogP contribution in [0.3, 0.4) is 0 Å². The normalized spacial score (nSPS) is 34.9.